The van der Waals surface area contributed by atoms with Crippen LogP contribution in [0.15, 0.2) is 12.1 Å². The van der Waals surface area contributed by atoms with Gasteiger partial charge < -0.3 is 19.9 Å². The third-order valence-corrected chi connectivity index (χ3v) is 4.32. The first-order valence-electron chi connectivity index (χ1n) is 8.27. The first-order chi connectivity index (χ1) is 10.8. The smallest absolute Gasteiger partial charge is 0.319 e. The summed E-state index contributed by atoms with van der Waals surface area (Å²) >= 11 is 0. The molecule has 0 aromatic heterocycles. The number of phenols is 1. The molecule has 6 heteroatoms. The number of benzene rings is 1. The van der Waals surface area contributed by atoms with Gasteiger partial charge in [-0.3, -0.25) is 4.57 Å². The standard InChI is InChI=1S/C14H23NO.C4H11O3P/c1-13(2,3)10-7-9(15)8-11(12(10)16)14(4,5)6;1-3-6-8(5)7-4-2/h7-8,16H,15H2,1-6H3;8H,3-4H2,1-2H3. The lowest BCUT2D eigenvalue weighted by atomic mass is 9.79. The van der Waals surface area contributed by atoms with Gasteiger partial charge in [-0.25, -0.2) is 0 Å². The fourth-order valence-corrected chi connectivity index (χ4v) is 2.63. The van der Waals surface area contributed by atoms with Gasteiger partial charge in [0.1, 0.15) is 5.75 Å². The molecule has 0 aliphatic heterocycles. The van der Waals surface area contributed by atoms with Gasteiger partial charge in [0.25, 0.3) is 0 Å². The Morgan fingerprint density at radius 1 is 0.958 bits per heavy atom. The molecule has 3 N–H and O–H groups in total. The lowest BCUT2D eigenvalue weighted by Crippen LogP contribution is -2.17. The van der Waals surface area contributed by atoms with Crippen LogP contribution in [0.2, 0.25) is 0 Å². The summed E-state index contributed by atoms with van der Waals surface area (Å²) in [5.74, 6) is 0.384. The maximum absolute atomic E-state index is 10.4. The minimum absolute atomic E-state index is 0.0978. The Morgan fingerprint density at radius 3 is 1.54 bits per heavy atom. The number of aromatic hydroxyl groups is 1. The van der Waals surface area contributed by atoms with E-state index >= 15 is 0 Å². The summed E-state index contributed by atoms with van der Waals surface area (Å²) in [6.07, 6.45) is 0. The summed E-state index contributed by atoms with van der Waals surface area (Å²) < 4.78 is 19.6. The van der Waals surface area contributed by atoms with E-state index < -0.39 is 8.25 Å². The van der Waals surface area contributed by atoms with Crippen molar-refractivity contribution in [3.63, 3.8) is 0 Å². The van der Waals surface area contributed by atoms with E-state index in [9.17, 15) is 9.67 Å². The zero-order valence-electron chi connectivity index (χ0n) is 16.3. The Labute approximate surface area is 147 Å². The highest BCUT2D eigenvalue weighted by Gasteiger charge is 2.25. The van der Waals surface area contributed by atoms with Gasteiger partial charge in [0, 0.05) is 16.8 Å². The van der Waals surface area contributed by atoms with Gasteiger partial charge >= 0.3 is 8.25 Å². The van der Waals surface area contributed by atoms with Crippen LogP contribution in [0, 0.1) is 0 Å². The first-order valence-corrected chi connectivity index (χ1v) is 9.50. The fraction of sp³-hybridized carbons (Fsp3) is 0.667. The van der Waals surface area contributed by atoms with Crippen molar-refractivity contribution in [2.24, 2.45) is 0 Å². The number of phenolic OH excluding ortho intramolecular Hbond substituents is 1. The van der Waals surface area contributed by atoms with Gasteiger partial charge in [0.2, 0.25) is 0 Å². The molecule has 0 spiro atoms. The minimum Gasteiger partial charge on any atom is -0.507 e. The molecule has 0 saturated heterocycles. The lowest BCUT2D eigenvalue weighted by molar-refractivity contribution is 0.243. The second-order valence-corrected chi connectivity index (χ2v) is 8.66. The molecule has 1 rings (SSSR count). The van der Waals surface area contributed by atoms with Gasteiger partial charge in [0.05, 0.1) is 13.2 Å². The van der Waals surface area contributed by atoms with E-state index in [0.717, 1.165) is 11.1 Å². The van der Waals surface area contributed by atoms with E-state index in [0.29, 0.717) is 24.7 Å². The van der Waals surface area contributed by atoms with Crippen molar-refractivity contribution in [3.8, 4) is 5.75 Å². The third kappa shape index (κ3) is 7.69. The first kappa shape index (κ1) is 23.0. The summed E-state index contributed by atoms with van der Waals surface area (Å²) in [4.78, 5) is 0. The monoisotopic (exact) mass is 359 g/mol. The highest BCUT2D eigenvalue weighted by atomic mass is 31.1. The van der Waals surface area contributed by atoms with Gasteiger partial charge in [-0.05, 0) is 36.8 Å². The molecule has 1 aromatic rings. The Kier molecular flexibility index (Phi) is 9.05. The molecule has 0 atom stereocenters. The molecule has 24 heavy (non-hydrogen) atoms. The molecular weight excluding hydrogens is 325 g/mol. The lowest BCUT2D eigenvalue weighted by Gasteiger charge is -2.27. The van der Waals surface area contributed by atoms with Gasteiger partial charge in [-0.2, -0.15) is 0 Å². The minimum atomic E-state index is -2.14. The molecule has 0 fully saturated rings. The molecule has 5 nitrogen and oxygen atoms in total. The second kappa shape index (κ2) is 9.45. The quantitative estimate of drug-likeness (QED) is 0.448. The summed E-state index contributed by atoms with van der Waals surface area (Å²) in [6.45, 7) is 16.9. The van der Waals surface area contributed by atoms with Crippen LogP contribution in [0.25, 0.3) is 0 Å². The van der Waals surface area contributed by atoms with E-state index in [4.69, 9.17) is 5.73 Å². The normalized spacial score (nSPS) is 12.0. The topological polar surface area (TPSA) is 81.8 Å². The molecule has 0 heterocycles. The third-order valence-electron chi connectivity index (χ3n) is 3.27. The molecular formula is C18H34NO4P. The number of nitrogen functional groups attached to an aromatic ring is 1. The van der Waals surface area contributed by atoms with Crippen molar-refractivity contribution in [1.29, 1.82) is 0 Å². The Hall–Kier alpha value is -1.03. The van der Waals surface area contributed by atoms with Gasteiger partial charge in [-0.15, -0.1) is 0 Å². The summed E-state index contributed by atoms with van der Waals surface area (Å²) in [5, 5.41) is 10.3. The van der Waals surface area contributed by atoms with Gasteiger partial charge in [-0.1, -0.05) is 41.5 Å². The SMILES string of the molecule is CC(C)(C)c1cc(N)cc(C(C)(C)C)c1O.CCO[PH](=O)OCC. The molecule has 0 radical (unpaired) electrons. The second-order valence-electron chi connectivity index (χ2n) is 7.58. The van der Waals surface area contributed by atoms with E-state index in [-0.39, 0.29) is 10.8 Å². The van der Waals surface area contributed by atoms with Crippen LogP contribution in [-0.4, -0.2) is 18.3 Å². The van der Waals surface area contributed by atoms with Crippen LogP contribution < -0.4 is 5.73 Å². The zero-order chi connectivity index (χ0) is 19.1. The van der Waals surface area contributed by atoms with Crippen molar-refractivity contribution in [3.05, 3.63) is 23.3 Å². The number of rotatable bonds is 4. The maximum atomic E-state index is 10.4. The largest absolute Gasteiger partial charge is 0.507 e. The number of anilines is 1. The number of nitrogens with two attached hydrogens (primary N) is 1. The van der Waals surface area contributed by atoms with E-state index in [1.165, 1.54) is 0 Å². The van der Waals surface area contributed by atoms with Crippen molar-refractivity contribution in [2.75, 3.05) is 18.9 Å². The Balaban J connectivity index is 0.000000561. The number of hydrogen-bond acceptors (Lipinski definition) is 5. The van der Waals surface area contributed by atoms with Crippen molar-refractivity contribution in [1.82, 2.24) is 0 Å². The number of hydrogen-bond donors (Lipinski definition) is 2. The zero-order valence-corrected chi connectivity index (χ0v) is 17.3. The van der Waals surface area contributed by atoms with Crippen molar-refractivity contribution in [2.45, 2.75) is 66.2 Å². The molecule has 140 valence electrons. The van der Waals surface area contributed by atoms with Crippen LogP contribution in [-0.2, 0) is 24.4 Å². The molecule has 0 unspecified atom stereocenters. The molecule has 0 aliphatic rings. The summed E-state index contributed by atoms with van der Waals surface area (Å²) in [5.41, 5.74) is 8.26. The van der Waals surface area contributed by atoms with Crippen LogP contribution in [0.3, 0.4) is 0 Å². The Morgan fingerprint density at radius 2 is 1.29 bits per heavy atom. The molecule has 0 amide bonds. The average molecular weight is 359 g/mol. The maximum Gasteiger partial charge on any atom is 0.319 e. The predicted octanol–water partition coefficient (Wildman–Crippen LogP) is 5.02. The summed E-state index contributed by atoms with van der Waals surface area (Å²) in [6, 6.07) is 3.73. The Bertz CT molecular complexity index is 502. The van der Waals surface area contributed by atoms with E-state index in [1.807, 2.05) is 12.1 Å². The molecule has 1 aromatic carbocycles. The van der Waals surface area contributed by atoms with E-state index in [2.05, 4.69) is 50.6 Å². The fourth-order valence-electron chi connectivity index (χ4n) is 2.08. The molecule has 0 saturated carbocycles. The van der Waals surface area contributed by atoms with E-state index in [1.54, 1.807) is 13.8 Å². The van der Waals surface area contributed by atoms with Crippen LogP contribution in [0.5, 0.6) is 5.75 Å². The van der Waals surface area contributed by atoms with Gasteiger partial charge in [0.15, 0.2) is 0 Å². The average Bonchev–Trinajstić information content (AvgIpc) is 2.40. The van der Waals surface area contributed by atoms with Crippen LogP contribution in [0.1, 0.15) is 66.5 Å². The molecule has 0 bridgehead atoms. The van der Waals surface area contributed by atoms with Crippen LogP contribution in [0.4, 0.5) is 5.69 Å². The highest BCUT2D eigenvalue weighted by molar-refractivity contribution is 7.33. The van der Waals surface area contributed by atoms with Crippen LogP contribution >= 0.6 is 8.25 Å². The van der Waals surface area contributed by atoms with Crippen molar-refractivity contribution >= 4 is 13.9 Å². The highest BCUT2D eigenvalue weighted by Crippen LogP contribution is 2.40. The van der Waals surface area contributed by atoms with Crippen molar-refractivity contribution < 1.29 is 18.7 Å². The predicted molar refractivity (Wildman–Crippen MR) is 102 cm³/mol. The molecule has 0 aliphatic carbocycles. The summed E-state index contributed by atoms with van der Waals surface area (Å²) in [7, 11) is -2.14.